The second-order valence-electron chi connectivity index (χ2n) is 7.71. The minimum atomic E-state index is -0.935. The van der Waals surface area contributed by atoms with Crippen LogP contribution in [0.3, 0.4) is 0 Å². The monoisotopic (exact) mass is 419 g/mol. The van der Waals surface area contributed by atoms with Gasteiger partial charge in [-0.1, -0.05) is 5.21 Å². The van der Waals surface area contributed by atoms with Gasteiger partial charge in [-0.3, -0.25) is 4.79 Å². The van der Waals surface area contributed by atoms with Gasteiger partial charge in [0, 0.05) is 31.1 Å². The molecule has 0 atom stereocenters. The van der Waals surface area contributed by atoms with E-state index in [1.54, 1.807) is 27.7 Å². The number of hydrogen-bond acceptors (Lipinski definition) is 7. The molecule has 3 rings (SSSR count). The maximum atomic E-state index is 12.1. The van der Waals surface area contributed by atoms with E-state index in [1.165, 1.54) is 0 Å². The highest BCUT2D eigenvalue weighted by atomic mass is 32.2. The van der Waals surface area contributed by atoms with E-state index in [2.05, 4.69) is 14.6 Å². The van der Waals surface area contributed by atoms with Crippen molar-refractivity contribution in [3.8, 4) is 5.69 Å². The molecular weight excluding hydrogens is 394 g/mol. The van der Waals surface area contributed by atoms with Crippen LogP contribution in [0, 0.1) is 0 Å². The van der Waals surface area contributed by atoms with Crippen molar-refractivity contribution in [2.45, 2.75) is 37.7 Å². The second-order valence-corrected chi connectivity index (χ2v) is 8.88. The molecule has 0 unspecified atom stereocenters. The Morgan fingerprint density at radius 3 is 2.38 bits per heavy atom. The van der Waals surface area contributed by atoms with Crippen molar-refractivity contribution in [1.82, 2.24) is 24.2 Å². The molecule has 1 aliphatic heterocycles. The van der Waals surface area contributed by atoms with Gasteiger partial charge in [0.1, 0.15) is 5.60 Å². The molecule has 0 saturated carbocycles. The number of aromatic nitrogens is 3. The number of benzene rings is 1. The number of ether oxygens (including phenoxy) is 1. The van der Waals surface area contributed by atoms with Gasteiger partial charge >= 0.3 is 12.1 Å². The van der Waals surface area contributed by atoms with Crippen molar-refractivity contribution in [2.24, 2.45) is 0 Å². The predicted molar refractivity (Wildman–Crippen MR) is 108 cm³/mol. The SMILES string of the molecule is CC(C)(C)OC(=O)N1CCN(Sc2ccc(-n3cc(CC(=O)O)nn3)cc2)CC1. The van der Waals surface area contributed by atoms with Gasteiger partial charge in [-0.15, -0.1) is 5.10 Å². The van der Waals surface area contributed by atoms with E-state index in [1.807, 2.05) is 45.0 Å². The lowest BCUT2D eigenvalue weighted by atomic mass is 10.2. The Labute approximate surface area is 173 Å². The molecular formula is C19H25N5O4S. The number of aliphatic carboxylic acids is 1. The molecule has 1 aliphatic rings. The fourth-order valence-corrected chi connectivity index (χ4v) is 3.66. The average Bonchev–Trinajstić information content (AvgIpc) is 3.09. The Kier molecular flexibility index (Phi) is 6.43. The molecule has 10 heteroatoms. The first-order valence-corrected chi connectivity index (χ1v) is 10.1. The van der Waals surface area contributed by atoms with Crippen molar-refractivity contribution in [3.05, 3.63) is 36.2 Å². The molecule has 1 saturated heterocycles. The second kappa shape index (κ2) is 8.83. The third-order valence-corrected chi connectivity index (χ3v) is 5.21. The zero-order valence-electron chi connectivity index (χ0n) is 16.7. The van der Waals surface area contributed by atoms with Gasteiger partial charge in [0.2, 0.25) is 0 Å². The van der Waals surface area contributed by atoms with E-state index in [0.29, 0.717) is 18.8 Å². The summed E-state index contributed by atoms with van der Waals surface area (Å²) in [4.78, 5) is 25.7. The Morgan fingerprint density at radius 1 is 1.14 bits per heavy atom. The Balaban J connectivity index is 1.51. The highest BCUT2D eigenvalue weighted by Gasteiger charge is 2.26. The average molecular weight is 420 g/mol. The molecule has 29 heavy (non-hydrogen) atoms. The van der Waals surface area contributed by atoms with Crippen LogP contribution in [0.2, 0.25) is 0 Å². The van der Waals surface area contributed by atoms with Crippen LogP contribution in [0.1, 0.15) is 26.5 Å². The maximum Gasteiger partial charge on any atom is 0.410 e. The van der Waals surface area contributed by atoms with E-state index in [4.69, 9.17) is 9.84 Å². The van der Waals surface area contributed by atoms with Gasteiger partial charge < -0.3 is 14.7 Å². The molecule has 1 fully saturated rings. The number of carbonyl (C=O) groups excluding carboxylic acids is 1. The van der Waals surface area contributed by atoms with Crippen LogP contribution in [-0.2, 0) is 16.0 Å². The molecule has 1 N–H and O–H groups in total. The fraction of sp³-hybridized carbons (Fsp3) is 0.474. The first-order chi connectivity index (χ1) is 13.7. The molecule has 9 nitrogen and oxygen atoms in total. The van der Waals surface area contributed by atoms with E-state index in [9.17, 15) is 9.59 Å². The first kappa shape index (κ1) is 21.1. The van der Waals surface area contributed by atoms with Crippen LogP contribution in [0.5, 0.6) is 0 Å². The number of hydrogen-bond donors (Lipinski definition) is 1. The van der Waals surface area contributed by atoms with Crippen LogP contribution in [-0.4, -0.2) is 73.1 Å². The smallest absolute Gasteiger partial charge is 0.410 e. The van der Waals surface area contributed by atoms with Crippen molar-refractivity contribution < 1.29 is 19.4 Å². The van der Waals surface area contributed by atoms with Crippen LogP contribution in [0.25, 0.3) is 5.69 Å². The summed E-state index contributed by atoms with van der Waals surface area (Å²) in [5.41, 5.74) is 0.746. The molecule has 1 aromatic heterocycles. The molecule has 2 heterocycles. The Bertz CT molecular complexity index is 854. The number of amides is 1. The van der Waals surface area contributed by atoms with Gasteiger partial charge in [-0.25, -0.2) is 13.8 Å². The highest BCUT2D eigenvalue weighted by Crippen LogP contribution is 2.25. The quantitative estimate of drug-likeness (QED) is 0.738. The zero-order valence-corrected chi connectivity index (χ0v) is 17.6. The van der Waals surface area contributed by atoms with Gasteiger partial charge in [-0.05, 0) is 57.0 Å². The molecule has 1 aromatic carbocycles. The summed E-state index contributed by atoms with van der Waals surface area (Å²) in [6, 6.07) is 7.80. The predicted octanol–water partition coefficient (Wildman–Crippen LogP) is 2.45. The minimum absolute atomic E-state index is 0.150. The summed E-state index contributed by atoms with van der Waals surface area (Å²) in [6.45, 7) is 8.38. The maximum absolute atomic E-state index is 12.1. The van der Waals surface area contributed by atoms with Crippen LogP contribution >= 0.6 is 11.9 Å². The molecule has 0 spiro atoms. The Hall–Kier alpha value is -2.59. The third kappa shape index (κ3) is 6.20. The number of carbonyl (C=O) groups is 2. The summed E-state index contributed by atoms with van der Waals surface area (Å²) in [5.74, 6) is -0.935. The topological polar surface area (TPSA) is 101 Å². The van der Waals surface area contributed by atoms with Gasteiger partial charge in [0.25, 0.3) is 0 Å². The van der Waals surface area contributed by atoms with Crippen LogP contribution < -0.4 is 0 Å². The molecule has 156 valence electrons. The van der Waals surface area contributed by atoms with Crippen molar-refractivity contribution in [1.29, 1.82) is 0 Å². The lowest BCUT2D eigenvalue weighted by Gasteiger charge is -2.34. The van der Waals surface area contributed by atoms with Crippen LogP contribution in [0.15, 0.2) is 35.4 Å². The van der Waals surface area contributed by atoms with Gasteiger partial charge in [0.05, 0.1) is 24.0 Å². The minimum Gasteiger partial charge on any atom is -0.481 e. The molecule has 2 aromatic rings. The largest absolute Gasteiger partial charge is 0.481 e. The molecule has 0 radical (unpaired) electrons. The van der Waals surface area contributed by atoms with E-state index in [0.717, 1.165) is 23.7 Å². The summed E-state index contributed by atoms with van der Waals surface area (Å²) >= 11 is 1.64. The number of carboxylic acid groups (broad SMARTS) is 1. The van der Waals surface area contributed by atoms with Crippen molar-refractivity contribution in [2.75, 3.05) is 26.2 Å². The lowest BCUT2D eigenvalue weighted by molar-refractivity contribution is -0.136. The van der Waals surface area contributed by atoms with Crippen LogP contribution in [0.4, 0.5) is 4.79 Å². The first-order valence-electron chi connectivity index (χ1n) is 9.34. The van der Waals surface area contributed by atoms with Gasteiger partial charge in [0.15, 0.2) is 0 Å². The third-order valence-electron chi connectivity index (χ3n) is 4.10. The van der Waals surface area contributed by atoms with Crippen molar-refractivity contribution in [3.63, 3.8) is 0 Å². The molecule has 0 bridgehead atoms. The van der Waals surface area contributed by atoms with Gasteiger partial charge in [-0.2, -0.15) is 0 Å². The van der Waals surface area contributed by atoms with E-state index >= 15 is 0 Å². The summed E-state index contributed by atoms with van der Waals surface area (Å²) in [6.07, 6.45) is 1.21. The lowest BCUT2D eigenvalue weighted by Crippen LogP contribution is -2.47. The molecule has 0 aliphatic carbocycles. The fourth-order valence-electron chi connectivity index (χ4n) is 2.76. The number of nitrogens with zero attached hydrogens (tertiary/aromatic N) is 5. The Morgan fingerprint density at radius 2 is 1.79 bits per heavy atom. The molecule has 1 amide bonds. The van der Waals surface area contributed by atoms with E-state index in [-0.39, 0.29) is 12.5 Å². The van der Waals surface area contributed by atoms with Crippen molar-refractivity contribution >= 4 is 24.0 Å². The summed E-state index contributed by atoms with van der Waals surface area (Å²) in [7, 11) is 0. The zero-order chi connectivity index (χ0) is 21.0. The summed E-state index contributed by atoms with van der Waals surface area (Å²) in [5, 5.41) is 16.7. The normalized spacial score (nSPS) is 15.3. The number of piperazine rings is 1. The number of carboxylic acids is 1. The highest BCUT2D eigenvalue weighted by molar-refractivity contribution is 7.97. The number of rotatable bonds is 5. The van der Waals surface area contributed by atoms with E-state index < -0.39 is 11.6 Å². The summed E-state index contributed by atoms with van der Waals surface area (Å²) < 4.78 is 9.20. The standard InChI is InChI=1S/C19H25N5O4S/c1-19(2,3)28-18(27)22-8-10-23(11-9-22)29-16-6-4-15(5-7-16)24-13-14(20-21-24)12-17(25)26/h4-7,13H,8-12H2,1-3H3,(H,25,26).